The average molecular weight is 284 g/mol. The van der Waals surface area contributed by atoms with Gasteiger partial charge in [-0.1, -0.05) is 36.4 Å². The number of non-ortho nitro benzene ring substituents is 1. The molecule has 0 aliphatic carbocycles. The van der Waals surface area contributed by atoms with E-state index in [1.54, 1.807) is 12.1 Å². The number of rotatable bonds is 3. The molecular weight excluding hydrogens is 272 g/mol. The molecule has 0 amide bonds. The third kappa shape index (κ3) is 2.98. The lowest BCUT2D eigenvalue weighted by Gasteiger charge is -2.05. The van der Waals surface area contributed by atoms with Gasteiger partial charge in [-0.15, -0.1) is 0 Å². The molecule has 0 aromatic heterocycles. The van der Waals surface area contributed by atoms with Crippen LogP contribution < -0.4 is 15.6 Å². The van der Waals surface area contributed by atoms with E-state index < -0.39 is 4.92 Å². The summed E-state index contributed by atoms with van der Waals surface area (Å²) in [6.45, 7) is 0. The third-order valence-corrected chi connectivity index (χ3v) is 2.92. The van der Waals surface area contributed by atoms with Crippen molar-refractivity contribution in [2.24, 2.45) is 4.99 Å². The Hall–Kier alpha value is -2.93. The summed E-state index contributed by atoms with van der Waals surface area (Å²) in [7, 11) is 0. The van der Waals surface area contributed by atoms with Crippen LogP contribution in [0.3, 0.4) is 0 Å². The molecule has 1 aliphatic heterocycles. The smallest absolute Gasteiger partial charge is 0.307 e. The van der Waals surface area contributed by atoms with E-state index in [0.29, 0.717) is 5.75 Å². The molecule has 7 heteroatoms. The lowest BCUT2D eigenvalue weighted by molar-refractivity contribution is -0.384. The Kier molecular flexibility index (Phi) is 3.48. The van der Waals surface area contributed by atoms with Gasteiger partial charge in [-0.25, -0.2) is 10.4 Å². The Balaban J connectivity index is 1.74. The second-order valence-electron chi connectivity index (χ2n) is 4.37. The molecule has 1 atom stereocenters. The van der Waals surface area contributed by atoms with Gasteiger partial charge in [0.05, 0.1) is 11.0 Å². The molecule has 0 bridgehead atoms. The van der Waals surface area contributed by atoms with E-state index in [-0.39, 0.29) is 17.9 Å². The largest absolute Gasteiger partial charge is 0.425 e. The van der Waals surface area contributed by atoms with Gasteiger partial charge in [0.25, 0.3) is 5.69 Å². The summed E-state index contributed by atoms with van der Waals surface area (Å²) in [5.74, 6) is 0.353. The molecule has 106 valence electrons. The second kappa shape index (κ2) is 5.59. The van der Waals surface area contributed by atoms with Crippen LogP contribution in [0.4, 0.5) is 5.69 Å². The maximum Gasteiger partial charge on any atom is 0.307 e. The van der Waals surface area contributed by atoms with Crippen LogP contribution in [0, 0.1) is 10.1 Å². The van der Waals surface area contributed by atoms with Crippen LogP contribution in [0.5, 0.6) is 5.75 Å². The molecule has 1 aliphatic rings. The lowest BCUT2D eigenvalue weighted by atomic mass is 10.2. The summed E-state index contributed by atoms with van der Waals surface area (Å²) in [4.78, 5) is 14.6. The summed E-state index contributed by atoms with van der Waals surface area (Å²) in [6.07, 6.45) is -0.250. The van der Waals surface area contributed by atoms with Crippen molar-refractivity contribution in [2.75, 3.05) is 0 Å². The molecule has 0 saturated heterocycles. The van der Waals surface area contributed by atoms with E-state index >= 15 is 0 Å². The quantitative estimate of drug-likeness (QED) is 0.666. The maximum atomic E-state index is 10.7. The van der Waals surface area contributed by atoms with Crippen LogP contribution in [0.1, 0.15) is 11.7 Å². The van der Waals surface area contributed by atoms with Crippen LogP contribution in [0.2, 0.25) is 0 Å². The lowest BCUT2D eigenvalue weighted by Crippen LogP contribution is -2.34. The Bertz CT molecular complexity index is 688. The van der Waals surface area contributed by atoms with Gasteiger partial charge in [0.2, 0.25) is 0 Å². The predicted molar refractivity (Wildman–Crippen MR) is 76.6 cm³/mol. The van der Waals surface area contributed by atoms with Crippen molar-refractivity contribution in [3.8, 4) is 5.75 Å². The van der Waals surface area contributed by atoms with Crippen LogP contribution in [0.15, 0.2) is 59.6 Å². The monoisotopic (exact) mass is 284 g/mol. The Morgan fingerprint density at radius 2 is 1.95 bits per heavy atom. The number of nitrogens with one attached hydrogen (secondary N) is 2. The third-order valence-electron chi connectivity index (χ3n) is 2.92. The van der Waals surface area contributed by atoms with Crippen molar-refractivity contribution < 1.29 is 9.66 Å². The molecule has 2 N–H and O–H groups in total. The van der Waals surface area contributed by atoms with Gasteiger partial charge in [-0.3, -0.25) is 15.5 Å². The Morgan fingerprint density at radius 1 is 1.14 bits per heavy atom. The minimum Gasteiger partial charge on any atom is -0.425 e. The zero-order valence-electron chi connectivity index (χ0n) is 10.9. The van der Waals surface area contributed by atoms with Crippen LogP contribution >= 0.6 is 0 Å². The van der Waals surface area contributed by atoms with Gasteiger partial charge in [-0.05, 0) is 11.6 Å². The molecule has 0 fully saturated rings. The van der Waals surface area contributed by atoms with Crippen molar-refractivity contribution in [3.05, 3.63) is 70.3 Å². The minimum absolute atomic E-state index is 0.0290. The topological polar surface area (TPSA) is 88.8 Å². The molecule has 1 heterocycles. The summed E-state index contributed by atoms with van der Waals surface area (Å²) in [5, 5.41) is 10.7. The first-order chi connectivity index (χ1) is 10.2. The molecule has 21 heavy (non-hydrogen) atoms. The molecule has 3 rings (SSSR count). The number of benzene rings is 2. The highest BCUT2D eigenvalue weighted by Crippen LogP contribution is 2.21. The fraction of sp³-hybridized carbons (Fsp3) is 0.0714. The van der Waals surface area contributed by atoms with E-state index in [1.807, 2.05) is 30.3 Å². The van der Waals surface area contributed by atoms with E-state index in [1.165, 1.54) is 12.1 Å². The highest BCUT2D eigenvalue weighted by atomic mass is 16.6. The van der Waals surface area contributed by atoms with Gasteiger partial charge in [0.1, 0.15) is 11.9 Å². The molecular formula is C14H12N4O3. The van der Waals surface area contributed by atoms with E-state index in [0.717, 1.165) is 5.56 Å². The number of hydrogen-bond donors (Lipinski definition) is 2. The van der Waals surface area contributed by atoms with Gasteiger partial charge in [-0.2, -0.15) is 0 Å². The first-order valence-corrected chi connectivity index (χ1v) is 6.29. The first kappa shape index (κ1) is 13.1. The van der Waals surface area contributed by atoms with Gasteiger partial charge in [0, 0.05) is 6.07 Å². The van der Waals surface area contributed by atoms with E-state index in [9.17, 15) is 10.1 Å². The number of nitro benzene ring substituents is 1. The SMILES string of the molecule is O=[N+]([O-])c1cccc(OC2=NC(c3ccccc3)NN2)c1. The van der Waals surface area contributed by atoms with Gasteiger partial charge >= 0.3 is 6.02 Å². The van der Waals surface area contributed by atoms with E-state index in [4.69, 9.17) is 4.74 Å². The fourth-order valence-electron chi connectivity index (χ4n) is 1.93. The molecule has 2 aromatic rings. The summed E-state index contributed by atoms with van der Waals surface area (Å²) in [6, 6.07) is 15.9. The number of nitro groups is 1. The highest BCUT2D eigenvalue weighted by molar-refractivity contribution is 5.77. The van der Waals surface area contributed by atoms with Gasteiger partial charge < -0.3 is 4.74 Å². The average Bonchev–Trinajstić information content (AvgIpc) is 2.97. The second-order valence-corrected chi connectivity index (χ2v) is 4.37. The number of nitrogens with zero attached hydrogens (tertiary/aromatic N) is 2. The first-order valence-electron chi connectivity index (χ1n) is 6.29. The van der Waals surface area contributed by atoms with Crippen molar-refractivity contribution in [2.45, 2.75) is 6.17 Å². The zero-order valence-corrected chi connectivity index (χ0v) is 10.9. The normalized spacial score (nSPS) is 17.0. The van der Waals surface area contributed by atoms with Gasteiger partial charge in [0.15, 0.2) is 0 Å². The summed E-state index contributed by atoms with van der Waals surface area (Å²) >= 11 is 0. The Morgan fingerprint density at radius 3 is 2.71 bits per heavy atom. The minimum atomic E-state index is -0.470. The zero-order chi connectivity index (χ0) is 14.7. The molecule has 1 unspecified atom stereocenters. The van der Waals surface area contributed by atoms with Crippen LogP contribution in [-0.2, 0) is 0 Å². The highest BCUT2D eigenvalue weighted by Gasteiger charge is 2.19. The Labute approximate surface area is 120 Å². The van der Waals surface area contributed by atoms with Crippen LogP contribution in [-0.4, -0.2) is 10.9 Å². The molecule has 2 aromatic carbocycles. The van der Waals surface area contributed by atoms with Crippen LogP contribution in [0.25, 0.3) is 0 Å². The molecule has 0 spiro atoms. The number of ether oxygens (including phenoxy) is 1. The fourth-order valence-corrected chi connectivity index (χ4v) is 1.93. The predicted octanol–water partition coefficient (Wildman–Crippen LogP) is 2.14. The summed E-state index contributed by atoms with van der Waals surface area (Å²) < 4.78 is 5.49. The maximum absolute atomic E-state index is 10.7. The molecule has 0 radical (unpaired) electrons. The number of aliphatic imine (C=N–C) groups is 1. The number of hydrogen-bond acceptors (Lipinski definition) is 6. The number of amidine groups is 1. The van der Waals surface area contributed by atoms with E-state index in [2.05, 4.69) is 15.8 Å². The molecule has 7 nitrogen and oxygen atoms in total. The van der Waals surface area contributed by atoms with Crippen molar-refractivity contribution in [1.29, 1.82) is 0 Å². The number of hydrazine groups is 1. The standard InChI is InChI=1S/C14H12N4O3/c19-18(20)11-7-4-8-12(9-11)21-14-15-13(16-17-14)10-5-2-1-3-6-10/h1-9,13,16H,(H,15,17). The van der Waals surface area contributed by atoms with Crippen molar-refractivity contribution >= 4 is 11.7 Å². The van der Waals surface area contributed by atoms with Crippen molar-refractivity contribution in [3.63, 3.8) is 0 Å². The molecule has 0 saturated carbocycles. The summed E-state index contributed by atoms with van der Waals surface area (Å²) in [5.41, 5.74) is 6.74. The van der Waals surface area contributed by atoms with Crippen molar-refractivity contribution in [1.82, 2.24) is 10.9 Å².